The highest BCUT2D eigenvalue weighted by molar-refractivity contribution is 5.77. The second-order valence-electron chi connectivity index (χ2n) is 6.76. The summed E-state index contributed by atoms with van der Waals surface area (Å²) in [5.74, 6) is 0.920. The lowest BCUT2D eigenvalue weighted by atomic mass is 9.86. The summed E-state index contributed by atoms with van der Waals surface area (Å²) >= 11 is 0. The lowest BCUT2D eigenvalue weighted by Gasteiger charge is -2.37. The Balaban J connectivity index is 1.53. The van der Waals surface area contributed by atoms with Gasteiger partial charge in [0.25, 0.3) is 0 Å². The van der Waals surface area contributed by atoms with Gasteiger partial charge in [-0.25, -0.2) is 0 Å². The van der Waals surface area contributed by atoms with Crippen LogP contribution in [0.25, 0.3) is 0 Å². The lowest BCUT2D eigenvalue weighted by Crippen LogP contribution is -2.49. The van der Waals surface area contributed by atoms with Gasteiger partial charge in [-0.05, 0) is 31.6 Å². The molecule has 3 rings (SSSR count). The van der Waals surface area contributed by atoms with Gasteiger partial charge in [0, 0.05) is 31.6 Å². The predicted octanol–water partition coefficient (Wildman–Crippen LogP) is 2.61. The van der Waals surface area contributed by atoms with Crippen LogP contribution in [0.3, 0.4) is 0 Å². The molecule has 2 aliphatic rings. The predicted molar refractivity (Wildman–Crippen MR) is 87.9 cm³/mol. The normalized spacial score (nSPS) is 23.0. The summed E-state index contributed by atoms with van der Waals surface area (Å²) in [5, 5.41) is 0. The molecule has 1 atom stereocenters. The first kappa shape index (κ1) is 16.4. The molecule has 0 N–H and O–H groups in total. The van der Waals surface area contributed by atoms with Crippen molar-refractivity contribution in [1.29, 1.82) is 0 Å². The van der Waals surface area contributed by atoms with Crippen molar-refractivity contribution in [3.63, 3.8) is 0 Å². The van der Waals surface area contributed by atoms with E-state index < -0.39 is 0 Å². The summed E-state index contributed by atoms with van der Waals surface area (Å²) in [6.07, 6.45) is 14.0. The van der Waals surface area contributed by atoms with E-state index in [1.165, 1.54) is 32.1 Å². The van der Waals surface area contributed by atoms with Crippen molar-refractivity contribution in [3.8, 4) is 0 Å². The molecule has 1 saturated heterocycles. The molecule has 0 aromatic carbocycles. The van der Waals surface area contributed by atoms with Gasteiger partial charge in [-0.1, -0.05) is 19.3 Å². The molecule has 0 spiro atoms. The number of carbonyl (C=O) groups is 1. The highest BCUT2D eigenvalue weighted by atomic mass is 16.5. The molecule has 0 bridgehead atoms. The van der Waals surface area contributed by atoms with Gasteiger partial charge in [0.15, 0.2) is 0 Å². The minimum atomic E-state index is 0.182. The summed E-state index contributed by atoms with van der Waals surface area (Å²) in [7, 11) is 0. The number of morpholine rings is 1. The van der Waals surface area contributed by atoms with Gasteiger partial charge in [0.2, 0.25) is 5.91 Å². The zero-order valence-electron chi connectivity index (χ0n) is 13.8. The minimum Gasteiger partial charge on any atom is -0.377 e. The van der Waals surface area contributed by atoms with Crippen molar-refractivity contribution in [3.05, 3.63) is 24.3 Å². The molecule has 2 heterocycles. The van der Waals surface area contributed by atoms with Crippen molar-refractivity contribution in [2.45, 2.75) is 57.4 Å². The average Bonchev–Trinajstić information content (AvgIpc) is 2.62. The number of ether oxygens (including phenoxy) is 1. The van der Waals surface area contributed by atoms with Crippen LogP contribution in [0.5, 0.6) is 0 Å². The Labute approximate surface area is 138 Å². The Morgan fingerprint density at radius 3 is 2.91 bits per heavy atom. The van der Waals surface area contributed by atoms with Crippen molar-refractivity contribution in [2.24, 2.45) is 5.92 Å². The fourth-order valence-corrected chi connectivity index (χ4v) is 3.75. The van der Waals surface area contributed by atoms with Gasteiger partial charge < -0.3 is 9.64 Å². The summed E-state index contributed by atoms with van der Waals surface area (Å²) in [6.45, 7) is 2.05. The first-order chi connectivity index (χ1) is 11.3. The molecule has 1 unspecified atom stereocenters. The van der Waals surface area contributed by atoms with E-state index in [2.05, 4.69) is 14.9 Å². The van der Waals surface area contributed by atoms with Gasteiger partial charge in [0.05, 0.1) is 24.9 Å². The zero-order valence-corrected chi connectivity index (χ0v) is 13.8. The van der Waals surface area contributed by atoms with E-state index in [0.717, 1.165) is 31.5 Å². The molecule has 126 valence electrons. The average molecular weight is 317 g/mol. The van der Waals surface area contributed by atoms with Crippen LogP contribution in [-0.2, 0) is 16.0 Å². The minimum absolute atomic E-state index is 0.182. The quantitative estimate of drug-likeness (QED) is 0.837. The second kappa shape index (κ2) is 8.39. The van der Waals surface area contributed by atoms with Crippen molar-refractivity contribution >= 4 is 5.91 Å². The molecule has 1 aromatic rings. The van der Waals surface area contributed by atoms with Crippen LogP contribution in [0.2, 0.25) is 0 Å². The Morgan fingerprint density at radius 1 is 1.26 bits per heavy atom. The monoisotopic (exact) mass is 317 g/mol. The maximum atomic E-state index is 12.7. The van der Waals surface area contributed by atoms with Gasteiger partial charge >= 0.3 is 0 Å². The van der Waals surface area contributed by atoms with Gasteiger partial charge in [0.1, 0.15) is 0 Å². The molecule has 0 radical (unpaired) electrons. The van der Waals surface area contributed by atoms with Crippen molar-refractivity contribution < 1.29 is 9.53 Å². The Bertz CT molecular complexity index is 488. The second-order valence-corrected chi connectivity index (χ2v) is 6.76. The Kier molecular flexibility index (Phi) is 5.97. The van der Waals surface area contributed by atoms with Crippen LogP contribution in [0, 0.1) is 5.92 Å². The number of aryl methyl sites for hydroxylation is 1. The zero-order chi connectivity index (χ0) is 15.9. The Hall–Kier alpha value is -1.49. The number of nitrogens with zero attached hydrogens (tertiary/aromatic N) is 3. The third-order valence-electron chi connectivity index (χ3n) is 5.09. The molecular formula is C18H27N3O2. The maximum absolute atomic E-state index is 12.7. The molecule has 1 amide bonds. The van der Waals surface area contributed by atoms with E-state index in [4.69, 9.17) is 4.74 Å². The SMILES string of the molecule is O=C(CC1CCCCC1)N1CCOCC1CCc1cnccn1. The fourth-order valence-electron chi connectivity index (χ4n) is 3.75. The number of aromatic nitrogens is 2. The van der Waals surface area contributed by atoms with Gasteiger partial charge in [-0.15, -0.1) is 0 Å². The van der Waals surface area contributed by atoms with Crippen LogP contribution >= 0.6 is 0 Å². The van der Waals surface area contributed by atoms with E-state index in [1.807, 2.05) is 0 Å². The number of amides is 1. The lowest BCUT2D eigenvalue weighted by molar-refractivity contribution is -0.141. The standard InChI is InChI=1S/C18H27N3O2/c22-18(12-15-4-2-1-3-5-15)21-10-11-23-14-17(21)7-6-16-13-19-8-9-20-16/h8-9,13,15,17H,1-7,10-12,14H2. The third-order valence-corrected chi connectivity index (χ3v) is 5.09. The maximum Gasteiger partial charge on any atom is 0.223 e. The molecule has 1 aliphatic heterocycles. The Morgan fingerprint density at radius 2 is 2.13 bits per heavy atom. The summed E-state index contributed by atoms with van der Waals surface area (Å²) in [4.78, 5) is 23.2. The molecular weight excluding hydrogens is 290 g/mol. The topological polar surface area (TPSA) is 55.3 Å². The number of hydrogen-bond acceptors (Lipinski definition) is 4. The molecule has 2 fully saturated rings. The van der Waals surface area contributed by atoms with Crippen molar-refractivity contribution in [2.75, 3.05) is 19.8 Å². The fraction of sp³-hybridized carbons (Fsp3) is 0.722. The van der Waals surface area contributed by atoms with E-state index in [9.17, 15) is 4.79 Å². The first-order valence-electron chi connectivity index (χ1n) is 8.95. The van der Waals surface area contributed by atoms with Crippen LogP contribution < -0.4 is 0 Å². The molecule has 1 saturated carbocycles. The number of rotatable bonds is 5. The number of hydrogen-bond donors (Lipinski definition) is 0. The smallest absolute Gasteiger partial charge is 0.223 e. The van der Waals surface area contributed by atoms with Crippen LogP contribution in [-0.4, -0.2) is 46.6 Å². The summed E-state index contributed by atoms with van der Waals surface area (Å²) in [6, 6.07) is 0.182. The van der Waals surface area contributed by atoms with E-state index >= 15 is 0 Å². The van der Waals surface area contributed by atoms with Crippen LogP contribution in [0.4, 0.5) is 0 Å². The van der Waals surface area contributed by atoms with E-state index in [-0.39, 0.29) is 6.04 Å². The molecule has 5 nitrogen and oxygen atoms in total. The molecule has 5 heteroatoms. The molecule has 1 aliphatic carbocycles. The molecule has 1 aromatic heterocycles. The van der Waals surface area contributed by atoms with Crippen molar-refractivity contribution in [1.82, 2.24) is 14.9 Å². The highest BCUT2D eigenvalue weighted by Gasteiger charge is 2.29. The third kappa shape index (κ3) is 4.74. The van der Waals surface area contributed by atoms with Gasteiger partial charge in [-0.2, -0.15) is 0 Å². The summed E-state index contributed by atoms with van der Waals surface area (Å²) < 4.78 is 5.61. The van der Waals surface area contributed by atoms with Crippen LogP contribution in [0.15, 0.2) is 18.6 Å². The highest BCUT2D eigenvalue weighted by Crippen LogP contribution is 2.27. The van der Waals surface area contributed by atoms with Gasteiger partial charge in [-0.3, -0.25) is 14.8 Å². The first-order valence-corrected chi connectivity index (χ1v) is 8.95. The molecule has 23 heavy (non-hydrogen) atoms. The van der Waals surface area contributed by atoms with Crippen LogP contribution in [0.1, 0.15) is 50.6 Å². The largest absolute Gasteiger partial charge is 0.377 e. The van der Waals surface area contributed by atoms with E-state index in [0.29, 0.717) is 25.0 Å². The number of carbonyl (C=O) groups excluding carboxylic acids is 1. The summed E-state index contributed by atoms with van der Waals surface area (Å²) in [5.41, 5.74) is 0.984. The van der Waals surface area contributed by atoms with E-state index in [1.54, 1.807) is 18.6 Å².